The molecule has 6 heteroatoms. The van der Waals surface area contributed by atoms with Gasteiger partial charge in [0, 0.05) is 15.8 Å². The summed E-state index contributed by atoms with van der Waals surface area (Å²) in [5.41, 5.74) is 2.25. The second kappa shape index (κ2) is 8.58. The van der Waals surface area contributed by atoms with Gasteiger partial charge in [-0.25, -0.2) is 0 Å². The fourth-order valence-electron chi connectivity index (χ4n) is 2.48. The molecule has 1 amide bonds. The third kappa shape index (κ3) is 4.79. The Morgan fingerprint density at radius 3 is 2.31 bits per heavy atom. The van der Waals surface area contributed by atoms with Crippen LogP contribution in [0, 0.1) is 0 Å². The van der Waals surface area contributed by atoms with E-state index >= 15 is 0 Å². The van der Waals surface area contributed by atoms with Crippen LogP contribution in [-0.4, -0.2) is 5.91 Å². The van der Waals surface area contributed by atoms with E-state index in [1.165, 1.54) is 0 Å². The minimum atomic E-state index is -0.590. The smallest absolute Gasteiger partial charge is 0.251 e. The Morgan fingerprint density at radius 1 is 0.846 bits per heavy atom. The highest BCUT2D eigenvalue weighted by Crippen LogP contribution is 2.28. The number of carbonyl (C=O) groups excluding carboxylic acids is 1. The van der Waals surface area contributed by atoms with Crippen LogP contribution < -0.4 is 10.6 Å². The van der Waals surface area contributed by atoms with Gasteiger partial charge < -0.3 is 10.6 Å². The highest BCUT2D eigenvalue weighted by molar-refractivity contribution is 9.10. The fraction of sp³-hybridized carbons (Fsp3) is 0.0500. The van der Waals surface area contributed by atoms with Crippen molar-refractivity contribution < 1.29 is 4.79 Å². The lowest BCUT2D eigenvalue weighted by molar-refractivity contribution is -0.117. The summed E-state index contributed by atoms with van der Waals surface area (Å²) in [4.78, 5) is 12.9. The summed E-state index contributed by atoms with van der Waals surface area (Å²) < 4.78 is 0.893. The average Bonchev–Trinajstić information content (AvgIpc) is 2.63. The van der Waals surface area contributed by atoms with Crippen molar-refractivity contribution in [2.24, 2.45) is 0 Å². The minimum absolute atomic E-state index is 0.180. The topological polar surface area (TPSA) is 41.1 Å². The number of rotatable bonds is 5. The predicted octanol–water partition coefficient (Wildman–Crippen LogP) is 6.55. The van der Waals surface area contributed by atoms with Crippen LogP contribution in [0.4, 0.5) is 11.4 Å². The summed E-state index contributed by atoms with van der Waals surface area (Å²) in [7, 11) is 0. The molecule has 0 radical (unpaired) electrons. The minimum Gasteiger partial charge on any atom is -0.370 e. The standard InChI is InChI=1S/C20H15BrCl2N2O/c21-14-7-4-8-15(11-14)25-20(26)19(13-5-2-1-3-6-13)24-16-9-10-17(22)18(23)12-16/h1-12,19,24H,(H,25,26). The summed E-state index contributed by atoms with van der Waals surface area (Å²) in [5, 5.41) is 7.06. The van der Waals surface area contributed by atoms with E-state index in [1.54, 1.807) is 18.2 Å². The number of benzene rings is 3. The van der Waals surface area contributed by atoms with Gasteiger partial charge in [-0.2, -0.15) is 0 Å². The van der Waals surface area contributed by atoms with Crippen molar-refractivity contribution in [1.29, 1.82) is 0 Å². The highest BCUT2D eigenvalue weighted by atomic mass is 79.9. The molecule has 0 spiro atoms. The second-order valence-corrected chi connectivity index (χ2v) is 7.35. The van der Waals surface area contributed by atoms with Crippen LogP contribution in [0.25, 0.3) is 0 Å². The zero-order valence-corrected chi connectivity index (χ0v) is 16.6. The summed E-state index contributed by atoms with van der Waals surface area (Å²) in [6, 6.07) is 21.5. The molecule has 1 unspecified atom stereocenters. The van der Waals surface area contributed by atoms with Crippen LogP contribution in [0.2, 0.25) is 10.0 Å². The van der Waals surface area contributed by atoms with Gasteiger partial charge in [-0.15, -0.1) is 0 Å². The number of amides is 1. The van der Waals surface area contributed by atoms with Gasteiger partial charge in [0.1, 0.15) is 6.04 Å². The molecule has 0 saturated heterocycles. The maximum atomic E-state index is 12.9. The molecule has 0 aliphatic carbocycles. The fourth-order valence-corrected chi connectivity index (χ4v) is 3.18. The molecular formula is C20H15BrCl2N2O. The van der Waals surface area contributed by atoms with Crippen LogP contribution in [0.15, 0.2) is 77.3 Å². The van der Waals surface area contributed by atoms with Crippen molar-refractivity contribution in [2.75, 3.05) is 10.6 Å². The molecule has 0 fully saturated rings. The Kier molecular flexibility index (Phi) is 6.20. The van der Waals surface area contributed by atoms with Crippen LogP contribution >= 0.6 is 39.1 Å². The normalized spacial score (nSPS) is 11.7. The molecule has 3 nitrogen and oxygen atoms in total. The first-order valence-electron chi connectivity index (χ1n) is 7.86. The van der Waals surface area contributed by atoms with Crippen molar-refractivity contribution in [3.05, 3.63) is 92.9 Å². The van der Waals surface area contributed by atoms with Gasteiger partial charge in [-0.05, 0) is 42.0 Å². The van der Waals surface area contributed by atoms with Gasteiger partial charge in [-0.3, -0.25) is 4.79 Å². The maximum Gasteiger partial charge on any atom is 0.251 e. The van der Waals surface area contributed by atoms with E-state index in [4.69, 9.17) is 23.2 Å². The first-order valence-corrected chi connectivity index (χ1v) is 9.41. The molecule has 3 aromatic rings. The molecule has 0 aliphatic rings. The first-order chi connectivity index (χ1) is 12.5. The third-order valence-corrected chi connectivity index (χ3v) is 4.95. The maximum absolute atomic E-state index is 12.9. The van der Waals surface area contributed by atoms with Gasteiger partial charge in [0.15, 0.2) is 0 Å². The van der Waals surface area contributed by atoms with Gasteiger partial charge in [0.25, 0.3) is 5.91 Å². The molecule has 132 valence electrons. The lowest BCUT2D eigenvalue weighted by atomic mass is 10.1. The number of nitrogens with one attached hydrogen (secondary N) is 2. The quantitative estimate of drug-likeness (QED) is 0.463. The lowest BCUT2D eigenvalue weighted by Crippen LogP contribution is -2.27. The Bertz CT molecular complexity index is 919. The van der Waals surface area contributed by atoms with Crippen molar-refractivity contribution >= 4 is 56.4 Å². The molecule has 0 heterocycles. The second-order valence-electron chi connectivity index (χ2n) is 5.62. The molecule has 3 aromatic carbocycles. The van der Waals surface area contributed by atoms with Gasteiger partial charge >= 0.3 is 0 Å². The SMILES string of the molecule is O=C(Nc1cccc(Br)c1)C(Nc1ccc(Cl)c(Cl)c1)c1ccccc1. The molecule has 0 saturated carbocycles. The molecule has 1 atom stereocenters. The molecule has 3 rings (SSSR count). The van der Waals surface area contributed by atoms with Crippen molar-refractivity contribution in [3.8, 4) is 0 Å². The van der Waals surface area contributed by atoms with Gasteiger partial charge in [0.05, 0.1) is 10.0 Å². The number of halogens is 3. The van der Waals surface area contributed by atoms with Crippen LogP contribution in [0.3, 0.4) is 0 Å². The van der Waals surface area contributed by atoms with E-state index in [1.807, 2.05) is 54.6 Å². The van der Waals surface area contributed by atoms with Gasteiger partial charge in [0.2, 0.25) is 0 Å². The summed E-state index contributed by atoms with van der Waals surface area (Å²) in [5.74, 6) is -0.180. The van der Waals surface area contributed by atoms with Crippen LogP contribution in [0.1, 0.15) is 11.6 Å². The van der Waals surface area contributed by atoms with E-state index in [0.29, 0.717) is 21.4 Å². The Morgan fingerprint density at radius 2 is 1.62 bits per heavy atom. The predicted molar refractivity (Wildman–Crippen MR) is 112 cm³/mol. The number of hydrogen-bond acceptors (Lipinski definition) is 2. The zero-order chi connectivity index (χ0) is 18.5. The largest absolute Gasteiger partial charge is 0.370 e. The van der Waals surface area contributed by atoms with E-state index in [-0.39, 0.29) is 5.91 Å². The van der Waals surface area contributed by atoms with Crippen molar-refractivity contribution in [2.45, 2.75) is 6.04 Å². The molecule has 0 bridgehead atoms. The molecule has 0 aromatic heterocycles. The first kappa shape index (κ1) is 18.8. The van der Waals surface area contributed by atoms with Gasteiger partial charge in [-0.1, -0.05) is 75.5 Å². The highest BCUT2D eigenvalue weighted by Gasteiger charge is 2.21. The number of hydrogen-bond donors (Lipinski definition) is 2. The molecule has 0 aliphatic heterocycles. The van der Waals surface area contributed by atoms with E-state index in [0.717, 1.165) is 10.0 Å². The molecular weight excluding hydrogens is 435 g/mol. The molecule has 26 heavy (non-hydrogen) atoms. The third-order valence-electron chi connectivity index (χ3n) is 3.72. The average molecular weight is 450 g/mol. The van der Waals surface area contributed by atoms with E-state index in [2.05, 4.69) is 26.6 Å². The zero-order valence-electron chi connectivity index (χ0n) is 13.5. The van der Waals surface area contributed by atoms with Crippen LogP contribution in [-0.2, 0) is 4.79 Å². The van der Waals surface area contributed by atoms with Crippen molar-refractivity contribution in [1.82, 2.24) is 0 Å². The Labute approximate surface area is 170 Å². The summed E-state index contributed by atoms with van der Waals surface area (Å²) >= 11 is 15.5. The Hall–Kier alpha value is -2.01. The number of carbonyl (C=O) groups is 1. The Balaban J connectivity index is 1.87. The monoisotopic (exact) mass is 448 g/mol. The lowest BCUT2D eigenvalue weighted by Gasteiger charge is -2.20. The summed E-state index contributed by atoms with van der Waals surface area (Å²) in [6.07, 6.45) is 0. The summed E-state index contributed by atoms with van der Waals surface area (Å²) in [6.45, 7) is 0. The van der Waals surface area contributed by atoms with Crippen LogP contribution in [0.5, 0.6) is 0 Å². The van der Waals surface area contributed by atoms with E-state index in [9.17, 15) is 4.79 Å². The number of anilines is 2. The van der Waals surface area contributed by atoms with E-state index < -0.39 is 6.04 Å². The van der Waals surface area contributed by atoms with Crippen molar-refractivity contribution in [3.63, 3.8) is 0 Å². The molecule has 2 N–H and O–H groups in total.